The number of amides is 1. The number of hydrogen-bond acceptors (Lipinski definition) is 2. The fourth-order valence-corrected chi connectivity index (χ4v) is 2.28. The molecule has 1 amide bonds. The van der Waals surface area contributed by atoms with Crippen LogP contribution in [0.25, 0.3) is 0 Å². The summed E-state index contributed by atoms with van der Waals surface area (Å²) in [6.07, 6.45) is 2.31. The first-order chi connectivity index (χ1) is 8.18. The van der Waals surface area contributed by atoms with Crippen LogP contribution in [0.1, 0.15) is 29.0 Å². The molecule has 2 N–H and O–H groups in total. The van der Waals surface area contributed by atoms with Gasteiger partial charge in [0.25, 0.3) is 5.91 Å². The summed E-state index contributed by atoms with van der Waals surface area (Å²) in [5.74, 6) is 0.761. The van der Waals surface area contributed by atoms with Gasteiger partial charge in [0, 0.05) is 19.3 Å². The maximum absolute atomic E-state index is 11.9. The Bertz CT molecular complexity index is 397. The van der Waals surface area contributed by atoms with Crippen LogP contribution in [-0.4, -0.2) is 30.1 Å². The van der Waals surface area contributed by atoms with E-state index in [1.165, 1.54) is 6.42 Å². The van der Waals surface area contributed by atoms with Crippen molar-refractivity contribution in [1.29, 1.82) is 0 Å². The molecule has 0 radical (unpaired) electrons. The fourth-order valence-electron chi connectivity index (χ4n) is 2.28. The van der Waals surface area contributed by atoms with Gasteiger partial charge in [-0.2, -0.15) is 0 Å². The van der Waals surface area contributed by atoms with E-state index in [9.17, 15) is 4.79 Å². The third-order valence-corrected chi connectivity index (χ3v) is 3.61. The van der Waals surface area contributed by atoms with Crippen molar-refractivity contribution in [3.63, 3.8) is 0 Å². The lowest BCUT2D eigenvalue weighted by atomic mass is 10.1. The minimum Gasteiger partial charge on any atom is -0.351 e. The van der Waals surface area contributed by atoms with Crippen molar-refractivity contribution in [2.24, 2.45) is 13.0 Å². The van der Waals surface area contributed by atoms with Crippen LogP contribution >= 0.6 is 12.4 Å². The molecule has 4 nitrogen and oxygen atoms in total. The molecule has 0 bridgehead atoms. The number of nitrogens with zero attached hydrogens (tertiary/aromatic N) is 1. The van der Waals surface area contributed by atoms with E-state index in [4.69, 9.17) is 0 Å². The summed E-state index contributed by atoms with van der Waals surface area (Å²) in [5.41, 5.74) is 1.85. The maximum Gasteiger partial charge on any atom is 0.267 e. The van der Waals surface area contributed by atoms with Gasteiger partial charge in [-0.05, 0) is 50.9 Å². The molecule has 1 aliphatic heterocycles. The Morgan fingerprint density at radius 3 is 2.89 bits per heavy atom. The van der Waals surface area contributed by atoms with E-state index in [1.807, 2.05) is 30.7 Å². The summed E-state index contributed by atoms with van der Waals surface area (Å²) < 4.78 is 1.92. The van der Waals surface area contributed by atoms with Crippen molar-refractivity contribution < 1.29 is 4.79 Å². The molecule has 5 heteroatoms. The predicted octanol–water partition coefficient (Wildman–Crippen LogP) is 1.48. The van der Waals surface area contributed by atoms with Crippen molar-refractivity contribution in [2.45, 2.75) is 19.8 Å². The van der Waals surface area contributed by atoms with Crippen LogP contribution in [0.3, 0.4) is 0 Å². The van der Waals surface area contributed by atoms with Gasteiger partial charge in [-0.25, -0.2) is 0 Å². The molecule has 1 unspecified atom stereocenters. The quantitative estimate of drug-likeness (QED) is 0.872. The summed E-state index contributed by atoms with van der Waals surface area (Å²) in [5, 5.41) is 6.33. The zero-order valence-corrected chi connectivity index (χ0v) is 11.8. The van der Waals surface area contributed by atoms with E-state index in [0.717, 1.165) is 43.4 Å². The molecule has 102 valence electrons. The van der Waals surface area contributed by atoms with E-state index >= 15 is 0 Å². The average Bonchev–Trinajstić information content (AvgIpc) is 2.91. The first-order valence-corrected chi connectivity index (χ1v) is 6.29. The summed E-state index contributed by atoms with van der Waals surface area (Å²) in [7, 11) is 1.92. The van der Waals surface area contributed by atoms with Crippen LogP contribution in [0.2, 0.25) is 0 Å². The Labute approximate surface area is 115 Å². The summed E-state index contributed by atoms with van der Waals surface area (Å²) in [6, 6.07) is 3.84. The Morgan fingerprint density at radius 2 is 2.33 bits per heavy atom. The van der Waals surface area contributed by atoms with E-state index in [0.29, 0.717) is 0 Å². The number of nitrogens with one attached hydrogen (secondary N) is 2. The molecule has 1 aliphatic rings. The number of hydrogen-bond donors (Lipinski definition) is 2. The molecule has 1 aromatic rings. The van der Waals surface area contributed by atoms with Crippen LogP contribution in [0.5, 0.6) is 0 Å². The van der Waals surface area contributed by atoms with Gasteiger partial charge in [-0.3, -0.25) is 4.79 Å². The lowest BCUT2D eigenvalue weighted by Crippen LogP contribution is -2.28. The zero-order valence-electron chi connectivity index (χ0n) is 11.0. The summed E-state index contributed by atoms with van der Waals surface area (Å²) in [6.45, 7) is 4.99. The number of carbonyl (C=O) groups is 1. The van der Waals surface area contributed by atoms with Gasteiger partial charge in [0.15, 0.2) is 0 Å². The number of halogens is 1. The topological polar surface area (TPSA) is 46.1 Å². The van der Waals surface area contributed by atoms with Gasteiger partial charge < -0.3 is 15.2 Å². The van der Waals surface area contributed by atoms with E-state index < -0.39 is 0 Å². The molecule has 0 spiro atoms. The number of aryl methyl sites for hydroxylation is 1. The second kappa shape index (κ2) is 6.81. The van der Waals surface area contributed by atoms with Crippen LogP contribution in [-0.2, 0) is 7.05 Å². The SMILES string of the molecule is Cc1ccc(C(=O)NCCC2CCNC2)n1C.Cl. The summed E-state index contributed by atoms with van der Waals surface area (Å²) >= 11 is 0. The highest BCUT2D eigenvalue weighted by molar-refractivity contribution is 5.92. The molecule has 0 saturated carbocycles. The normalized spacial score (nSPS) is 18.4. The highest BCUT2D eigenvalue weighted by atomic mass is 35.5. The molecule has 0 aliphatic carbocycles. The minimum absolute atomic E-state index is 0. The fraction of sp³-hybridized carbons (Fsp3) is 0.615. The van der Waals surface area contributed by atoms with Crippen LogP contribution < -0.4 is 10.6 Å². The molecule has 18 heavy (non-hydrogen) atoms. The van der Waals surface area contributed by atoms with Gasteiger partial charge in [0.05, 0.1) is 0 Å². The van der Waals surface area contributed by atoms with Crippen LogP contribution in [0.15, 0.2) is 12.1 Å². The minimum atomic E-state index is 0. The molecule has 2 rings (SSSR count). The lowest BCUT2D eigenvalue weighted by Gasteiger charge is -2.10. The standard InChI is InChI=1S/C13H21N3O.ClH/c1-10-3-4-12(16(10)2)13(17)15-8-6-11-5-7-14-9-11;/h3-4,11,14H,5-9H2,1-2H3,(H,15,17);1H. The van der Waals surface area contributed by atoms with Crippen molar-refractivity contribution in [3.05, 3.63) is 23.5 Å². The Morgan fingerprint density at radius 1 is 1.56 bits per heavy atom. The van der Waals surface area contributed by atoms with Crippen LogP contribution in [0, 0.1) is 12.8 Å². The molecular weight excluding hydrogens is 250 g/mol. The Kier molecular flexibility index (Phi) is 5.69. The first-order valence-electron chi connectivity index (χ1n) is 6.29. The van der Waals surface area contributed by atoms with Gasteiger partial charge in [0.2, 0.25) is 0 Å². The monoisotopic (exact) mass is 271 g/mol. The van der Waals surface area contributed by atoms with Gasteiger partial charge >= 0.3 is 0 Å². The first kappa shape index (κ1) is 15.1. The predicted molar refractivity (Wildman–Crippen MR) is 75.3 cm³/mol. The average molecular weight is 272 g/mol. The molecule has 1 saturated heterocycles. The van der Waals surface area contributed by atoms with E-state index in [2.05, 4.69) is 10.6 Å². The second-order valence-corrected chi connectivity index (χ2v) is 4.82. The Hall–Kier alpha value is -1.00. The number of carbonyl (C=O) groups excluding carboxylic acids is 1. The molecule has 2 heterocycles. The van der Waals surface area contributed by atoms with E-state index in [1.54, 1.807) is 0 Å². The molecule has 1 atom stereocenters. The summed E-state index contributed by atoms with van der Waals surface area (Å²) in [4.78, 5) is 11.9. The highest BCUT2D eigenvalue weighted by Gasteiger charge is 2.15. The van der Waals surface area contributed by atoms with E-state index in [-0.39, 0.29) is 18.3 Å². The number of aromatic nitrogens is 1. The van der Waals surface area contributed by atoms with Gasteiger partial charge in [0.1, 0.15) is 5.69 Å². The zero-order chi connectivity index (χ0) is 12.3. The highest BCUT2D eigenvalue weighted by Crippen LogP contribution is 2.11. The largest absolute Gasteiger partial charge is 0.351 e. The molecule has 1 fully saturated rings. The molecule has 0 aromatic carbocycles. The van der Waals surface area contributed by atoms with Crippen LogP contribution in [0.4, 0.5) is 0 Å². The van der Waals surface area contributed by atoms with Gasteiger partial charge in [-0.15, -0.1) is 12.4 Å². The van der Waals surface area contributed by atoms with Gasteiger partial charge in [-0.1, -0.05) is 0 Å². The molecule has 1 aromatic heterocycles. The third kappa shape index (κ3) is 3.50. The van der Waals surface area contributed by atoms with Crippen molar-refractivity contribution >= 4 is 18.3 Å². The second-order valence-electron chi connectivity index (χ2n) is 4.82. The van der Waals surface area contributed by atoms with Crippen molar-refractivity contribution in [2.75, 3.05) is 19.6 Å². The maximum atomic E-state index is 11.9. The van der Waals surface area contributed by atoms with Crippen molar-refractivity contribution in [3.8, 4) is 0 Å². The molecular formula is C13H22ClN3O. The number of rotatable bonds is 4. The lowest BCUT2D eigenvalue weighted by molar-refractivity contribution is 0.0943. The Balaban J connectivity index is 0.00000162. The van der Waals surface area contributed by atoms with Crippen molar-refractivity contribution in [1.82, 2.24) is 15.2 Å². The third-order valence-electron chi connectivity index (χ3n) is 3.61. The smallest absolute Gasteiger partial charge is 0.267 e.